The fourth-order valence-corrected chi connectivity index (χ4v) is 5.29. The van der Waals surface area contributed by atoms with E-state index in [0.29, 0.717) is 32.6 Å². The first-order chi connectivity index (χ1) is 16.1. The number of thiophene rings is 1. The maximum Gasteiger partial charge on any atom is 0.259 e. The van der Waals surface area contributed by atoms with Gasteiger partial charge in [-0.1, -0.05) is 29.8 Å². The van der Waals surface area contributed by atoms with Gasteiger partial charge in [0.1, 0.15) is 11.1 Å². The number of rotatable bonds is 7. The molecule has 0 unspecified atom stereocenters. The summed E-state index contributed by atoms with van der Waals surface area (Å²) in [4.78, 5) is 19.1. The molecule has 0 fully saturated rings. The van der Waals surface area contributed by atoms with Crippen molar-refractivity contribution in [2.24, 2.45) is 4.99 Å². The molecule has 1 aromatic heterocycles. The van der Waals surface area contributed by atoms with E-state index >= 15 is 0 Å². The number of nitrogens with one attached hydrogen (secondary N) is 1. The number of fused-ring (bicyclic) bond motifs is 1. The average Bonchev–Trinajstić information content (AvgIpc) is 3.21. The van der Waals surface area contributed by atoms with Crippen LogP contribution < -0.4 is 14.8 Å². The number of methoxy groups -OCH3 is 1. The Morgan fingerprint density at radius 2 is 2.06 bits per heavy atom. The van der Waals surface area contributed by atoms with Gasteiger partial charge >= 0.3 is 0 Å². The Kier molecular flexibility index (Phi) is 7.28. The predicted molar refractivity (Wildman–Crippen MR) is 132 cm³/mol. The quantitative estimate of drug-likeness (QED) is 0.409. The molecule has 0 atom stereocenters. The van der Waals surface area contributed by atoms with Gasteiger partial charge in [-0.3, -0.25) is 4.79 Å². The first kappa shape index (κ1) is 22.8. The number of carbonyl (C=O) groups excluding carboxylic acids is 1. The van der Waals surface area contributed by atoms with Crippen LogP contribution in [0.1, 0.15) is 39.2 Å². The highest BCUT2D eigenvalue weighted by Crippen LogP contribution is 2.41. The van der Waals surface area contributed by atoms with Crippen LogP contribution in [0, 0.1) is 11.3 Å². The summed E-state index contributed by atoms with van der Waals surface area (Å²) in [7, 11) is 1.51. The van der Waals surface area contributed by atoms with Gasteiger partial charge in [0.25, 0.3) is 5.91 Å². The van der Waals surface area contributed by atoms with Crippen molar-refractivity contribution in [1.82, 2.24) is 0 Å². The van der Waals surface area contributed by atoms with Crippen molar-refractivity contribution in [2.75, 3.05) is 19.0 Å². The molecule has 3 aromatic rings. The lowest BCUT2D eigenvalue weighted by Crippen LogP contribution is -2.14. The van der Waals surface area contributed by atoms with Gasteiger partial charge in [0.05, 0.1) is 17.7 Å². The Hall–Kier alpha value is -3.34. The van der Waals surface area contributed by atoms with Gasteiger partial charge in [-0.2, -0.15) is 5.26 Å². The molecular weight excluding hydrogens is 458 g/mol. The van der Waals surface area contributed by atoms with E-state index in [4.69, 9.17) is 26.3 Å². The number of benzene rings is 2. The molecule has 1 amide bonds. The van der Waals surface area contributed by atoms with Crippen molar-refractivity contribution in [3.05, 3.63) is 69.1 Å². The number of nitrogens with zero attached hydrogens (tertiary/aromatic N) is 2. The third-order valence-electron chi connectivity index (χ3n) is 5.28. The van der Waals surface area contributed by atoms with Crippen LogP contribution in [-0.2, 0) is 12.8 Å². The van der Waals surface area contributed by atoms with Gasteiger partial charge in [-0.05, 0) is 61.1 Å². The van der Waals surface area contributed by atoms with E-state index in [1.54, 1.807) is 29.7 Å². The Morgan fingerprint density at radius 3 is 2.82 bits per heavy atom. The van der Waals surface area contributed by atoms with Crippen molar-refractivity contribution < 1.29 is 14.3 Å². The number of anilines is 1. The molecule has 4 rings (SSSR count). The summed E-state index contributed by atoms with van der Waals surface area (Å²) in [5.41, 5.74) is 3.18. The molecule has 1 heterocycles. The molecule has 8 heteroatoms. The number of para-hydroxylation sites is 1. The van der Waals surface area contributed by atoms with Crippen molar-refractivity contribution in [1.29, 1.82) is 5.26 Å². The maximum absolute atomic E-state index is 13.2. The Labute approximate surface area is 201 Å². The third kappa shape index (κ3) is 5.19. The van der Waals surface area contributed by atoms with Gasteiger partial charge in [-0.25, -0.2) is 4.99 Å². The second-order valence-electron chi connectivity index (χ2n) is 7.45. The normalized spacial score (nSPS) is 12.8. The Bertz CT molecular complexity index is 1230. The Balaban J connectivity index is 1.67. The van der Waals surface area contributed by atoms with Crippen LogP contribution in [0.3, 0.4) is 0 Å². The topological polar surface area (TPSA) is 83.7 Å². The lowest BCUT2D eigenvalue weighted by atomic mass is 9.95. The van der Waals surface area contributed by atoms with E-state index in [2.05, 4.69) is 10.3 Å². The molecule has 0 saturated heterocycles. The summed E-state index contributed by atoms with van der Waals surface area (Å²) in [5, 5.41) is 12.8. The largest absolute Gasteiger partial charge is 0.493 e. The van der Waals surface area contributed by atoms with Crippen LogP contribution in [0.25, 0.3) is 0 Å². The van der Waals surface area contributed by atoms with E-state index in [1.165, 1.54) is 12.0 Å². The first-order valence-corrected chi connectivity index (χ1v) is 11.7. The molecule has 0 bridgehead atoms. The highest BCUT2D eigenvalue weighted by atomic mass is 35.5. The zero-order chi connectivity index (χ0) is 23.2. The third-order valence-corrected chi connectivity index (χ3v) is 6.76. The number of aliphatic imine (C=N–C) groups is 1. The summed E-state index contributed by atoms with van der Waals surface area (Å²) in [5.74, 6) is 0.572. The highest BCUT2D eigenvalue weighted by Gasteiger charge is 2.25. The minimum Gasteiger partial charge on any atom is -0.493 e. The van der Waals surface area contributed by atoms with Crippen LogP contribution in [0.15, 0.2) is 47.5 Å². The molecule has 6 nitrogen and oxygen atoms in total. The highest BCUT2D eigenvalue weighted by molar-refractivity contribution is 7.16. The SMILES string of the molecule is COc1cc(C=Nc2sc3c(c2C(=O)Nc2ccccc2)CCCC3)cc(Cl)c1OCC#N. The molecule has 33 heavy (non-hydrogen) atoms. The number of aryl methyl sites for hydroxylation is 1. The van der Waals surface area contributed by atoms with Gasteiger partial charge in [0.15, 0.2) is 18.1 Å². The predicted octanol–water partition coefficient (Wildman–Crippen LogP) is 6.19. The molecule has 1 aliphatic rings. The van der Waals surface area contributed by atoms with Crippen LogP contribution in [0.5, 0.6) is 11.5 Å². The molecule has 168 valence electrons. The zero-order valence-corrected chi connectivity index (χ0v) is 19.6. The number of hydrogen-bond donors (Lipinski definition) is 1. The molecule has 0 radical (unpaired) electrons. The fourth-order valence-electron chi connectivity index (χ4n) is 3.78. The van der Waals surface area contributed by atoms with Crippen LogP contribution >= 0.6 is 22.9 Å². The summed E-state index contributed by atoms with van der Waals surface area (Å²) in [6.45, 7) is -0.135. The standard InChI is InChI=1S/C25H22ClN3O3S/c1-31-20-14-16(13-19(26)23(20)32-12-11-27)15-28-25-22(18-9-5-6-10-21(18)33-25)24(30)29-17-7-3-2-4-8-17/h2-4,7-8,13-15H,5-6,9-10,12H2,1H3,(H,29,30). The molecule has 2 aromatic carbocycles. The van der Waals surface area contributed by atoms with Crippen LogP contribution in [-0.4, -0.2) is 25.8 Å². The number of halogens is 1. The van der Waals surface area contributed by atoms with Gasteiger partial charge in [-0.15, -0.1) is 11.3 Å². The molecular formula is C25H22ClN3O3S. The van der Waals surface area contributed by atoms with Gasteiger partial charge in [0.2, 0.25) is 0 Å². The molecule has 1 N–H and O–H groups in total. The lowest BCUT2D eigenvalue weighted by molar-refractivity contribution is 0.102. The van der Waals surface area contributed by atoms with E-state index in [9.17, 15) is 4.79 Å². The van der Waals surface area contributed by atoms with E-state index in [1.807, 2.05) is 36.4 Å². The number of carbonyl (C=O) groups is 1. The maximum atomic E-state index is 13.2. The minimum atomic E-state index is -0.149. The number of ether oxygens (including phenoxy) is 2. The second kappa shape index (κ2) is 10.5. The summed E-state index contributed by atoms with van der Waals surface area (Å²) < 4.78 is 10.7. The number of hydrogen-bond acceptors (Lipinski definition) is 6. The average molecular weight is 480 g/mol. The molecule has 0 aliphatic heterocycles. The molecule has 0 saturated carbocycles. The minimum absolute atomic E-state index is 0.135. The monoisotopic (exact) mass is 479 g/mol. The van der Waals surface area contributed by atoms with Crippen molar-refractivity contribution in [3.8, 4) is 17.6 Å². The molecule has 0 spiro atoms. The van der Waals surface area contributed by atoms with E-state index in [0.717, 1.165) is 36.9 Å². The van der Waals surface area contributed by atoms with Crippen molar-refractivity contribution >= 4 is 45.7 Å². The number of nitriles is 1. The van der Waals surface area contributed by atoms with E-state index < -0.39 is 0 Å². The van der Waals surface area contributed by atoms with Crippen LogP contribution in [0.4, 0.5) is 10.7 Å². The van der Waals surface area contributed by atoms with Gasteiger partial charge < -0.3 is 14.8 Å². The second-order valence-corrected chi connectivity index (χ2v) is 8.94. The van der Waals surface area contributed by atoms with Crippen molar-refractivity contribution in [3.63, 3.8) is 0 Å². The summed E-state index contributed by atoms with van der Waals surface area (Å²) in [6, 6.07) is 14.8. The van der Waals surface area contributed by atoms with Crippen molar-refractivity contribution in [2.45, 2.75) is 25.7 Å². The fraction of sp³-hybridized carbons (Fsp3) is 0.240. The van der Waals surface area contributed by atoms with Gasteiger partial charge in [0, 0.05) is 16.8 Å². The molecule has 1 aliphatic carbocycles. The smallest absolute Gasteiger partial charge is 0.259 e. The summed E-state index contributed by atoms with van der Waals surface area (Å²) >= 11 is 7.91. The number of amides is 1. The first-order valence-electron chi connectivity index (χ1n) is 10.5. The van der Waals surface area contributed by atoms with E-state index in [-0.39, 0.29) is 12.5 Å². The Morgan fingerprint density at radius 1 is 1.27 bits per heavy atom. The summed E-state index contributed by atoms with van der Waals surface area (Å²) in [6.07, 6.45) is 5.69. The lowest BCUT2D eigenvalue weighted by Gasteiger charge is -2.13. The van der Waals surface area contributed by atoms with Crippen LogP contribution in [0.2, 0.25) is 5.02 Å². The zero-order valence-electron chi connectivity index (χ0n) is 18.1.